The molecule has 0 saturated carbocycles. The first kappa shape index (κ1) is 28.2. The molecule has 10 heteroatoms. The van der Waals surface area contributed by atoms with Gasteiger partial charge in [0.2, 0.25) is 12.7 Å². The van der Waals surface area contributed by atoms with Crippen LogP contribution in [-0.4, -0.2) is 41.5 Å². The van der Waals surface area contributed by atoms with Gasteiger partial charge in [0.25, 0.3) is 5.91 Å². The molecule has 0 spiro atoms. The van der Waals surface area contributed by atoms with Gasteiger partial charge >= 0.3 is 0 Å². The Morgan fingerprint density at radius 3 is 2.59 bits per heavy atom. The van der Waals surface area contributed by atoms with Crippen molar-refractivity contribution in [2.45, 2.75) is 32.9 Å². The van der Waals surface area contributed by atoms with Crippen LogP contribution in [0.5, 0.6) is 11.5 Å². The number of hydrogen-bond donors (Lipinski definition) is 0. The number of nitrogens with zero attached hydrogens (tertiary/aromatic N) is 2. The molecular weight excluding hydrogens is 551 g/mol. The van der Waals surface area contributed by atoms with Crippen LogP contribution in [0.2, 0.25) is 5.02 Å². The molecule has 5 rings (SSSR count). The molecule has 2 amide bonds. The summed E-state index contributed by atoms with van der Waals surface area (Å²) < 4.78 is 31.0. The molecular formula is C31H28ClFN2O6. The van der Waals surface area contributed by atoms with Crippen molar-refractivity contribution >= 4 is 34.4 Å². The lowest BCUT2D eigenvalue weighted by Crippen LogP contribution is -2.43. The molecule has 2 heterocycles. The van der Waals surface area contributed by atoms with E-state index in [0.717, 1.165) is 12.0 Å². The zero-order chi connectivity index (χ0) is 28.9. The fraction of sp³-hybridized carbons (Fsp3) is 0.258. The summed E-state index contributed by atoms with van der Waals surface area (Å²) in [7, 11) is 0. The molecule has 3 aromatic carbocycles. The van der Waals surface area contributed by atoms with Gasteiger partial charge < -0.3 is 23.7 Å². The molecule has 0 fully saturated rings. The van der Waals surface area contributed by atoms with Crippen LogP contribution in [-0.2, 0) is 17.9 Å². The first-order valence-corrected chi connectivity index (χ1v) is 13.6. The summed E-state index contributed by atoms with van der Waals surface area (Å²) in [5.74, 6) is -0.507. The van der Waals surface area contributed by atoms with Crippen molar-refractivity contribution in [3.63, 3.8) is 0 Å². The quantitative estimate of drug-likeness (QED) is 0.237. The number of carbonyl (C=O) groups excluding carboxylic acids is 2. The largest absolute Gasteiger partial charge is 0.464 e. The van der Waals surface area contributed by atoms with Crippen LogP contribution in [0.3, 0.4) is 0 Å². The summed E-state index contributed by atoms with van der Waals surface area (Å²) in [6.07, 6.45) is 2.74. The minimum absolute atomic E-state index is 0.0897. The summed E-state index contributed by atoms with van der Waals surface area (Å²) in [5.41, 5.74) is 0.928. The second-order valence-corrected chi connectivity index (χ2v) is 10.2. The van der Waals surface area contributed by atoms with E-state index in [2.05, 4.69) is 0 Å². The van der Waals surface area contributed by atoms with Gasteiger partial charge in [-0.2, -0.15) is 0 Å². The number of hydrogen-bond acceptors (Lipinski definition) is 6. The Balaban J connectivity index is 1.46. The predicted octanol–water partition coefficient (Wildman–Crippen LogP) is 5.79. The molecule has 41 heavy (non-hydrogen) atoms. The van der Waals surface area contributed by atoms with Crippen LogP contribution in [0.1, 0.15) is 41.3 Å². The molecule has 1 aliphatic heterocycles. The molecule has 1 aromatic heterocycles. The van der Waals surface area contributed by atoms with E-state index >= 15 is 0 Å². The van der Waals surface area contributed by atoms with Crippen molar-refractivity contribution in [1.29, 1.82) is 0 Å². The zero-order valence-corrected chi connectivity index (χ0v) is 23.2. The Kier molecular flexibility index (Phi) is 8.54. The highest BCUT2D eigenvalue weighted by atomic mass is 35.5. The van der Waals surface area contributed by atoms with Gasteiger partial charge in [-0.25, -0.2) is 4.39 Å². The van der Waals surface area contributed by atoms with Gasteiger partial charge in [0.05, 0.1) is 29.3 Å². The Morgan fingerprint density at radius 2 is 1.78 bits per heavy atom. The van der Waals surface area contributed by atoms with Crippen LogP contribution in [0, 0.1) is 5.82 Å². The summed E-state index contributed by atoms with van der Waals surface area (Å²) in [5, 5.41) is 0.679. The molecule has 0 unspecified atom stereocenters. The fourth-order valence-corrected chi connectivity index (χ4v) is 4.79. The third-order valence-corrected chi connectivity index (χ3v) is 7.06. The lowest BCUT2D eigenvalue weighted by Gasteiger charge is -2.28. The smallest absolute Gasteiger partial charge is 0.257 e. The number of fused-ring (bicyclic) bond motifs is 2. The fourth-order valence-electron chi connectivity index (χ4n) is 4.62. The van der Waals surface area contributed by atoms with E-state index in [1.165, 1.54) is 40.3 Å². The third-order valence-electron chi connectivity index (χ3n) is 6.83. The molecule has 1 aliphatic rings. The number of amides is 2. The minimum Gasteiger partial charge on any atom is -0.464 e. The number of unbranched alkanes of at least 4 members (excludes halogenated alkanes) is 1. The van der Waals surface area contributed by atoms with Gasteiger partial charge in [-0.1, -0.05) is 43.1 Å². The van der Waals surface area contributed by atoms with E-state index in [1.54, 1.807) is 36.4 Å². The Hall–Kier alpha value is -4.37. The molecule has 0 radical (unpaired) electrons. The maximum Gasteiger partial charge on any atom is 0.257 e. The van der Waals surface area contributed by atoms with E-state index in [9.17, 15) is 18.8 Å². The summed E-state index contributed by atoms with van der Waals surface area (Å²) in [4.78, 5) is 43.3. The van der Waals surface area contributed by atoms with Crippen molar-refractivity contribution in [2.24, 2.45) is 0 Å². The molecule has 212 valence electrons. The van der Waals surface area contributed by atoms with Crippen LogP contribution < -0.4 is 14.9 Å². The van der Waals surface area contributed by atoms with E-state index in [1.807, 2.05) is 6.92 Å². The molecule has 0 N–H and O–H groups in total. The summed E-state index contributed by atoms with van der Waals surface area (Å²) >= 11 is 6.11. The first-order chi connectivity index (χ1) is 19.8. The highest BCUT2D eigenvalue weighted by Crippen LogP contribution is 2.33. The second-order valence-electron chi connectivity index (χ2n) is 9.73. The lowest BCUT2D eigenvalue weighted by atomic mass is 10.1. The number of halogens is 2. The summed E-state index contributed by atoms with van der Waals surface area (Å²) in [6.45, 7) is 2.05. The number of rotatable bonds is 10. The normalized spacial score (nSPS) is 12.0. The first-order valence-electron chi connectivity index (χ1n) is 13.2. The van der Waals surface area contributed by atoms with Gasteiger partial charge in [0.1, 0.15) is 17.9 Å². The third kappa shape index (κ3) is 6.36. The van der Waals surface area contributed by atoms with Crippen LogP contribution in [0.15, 0.2) is 76.1 Å². The van der Waals surface area contributed by atoms with Crippen LogP contribution >= 0.6 is 11.6 Å². The van der Waals surface area contributed by atoms with Gasteiger partial charge in [-0.3, -0.25) is 14.4 Å². The van der Waals surface area contributed by atoms with Crippen molar-refractivity contribution in [3.05, 3.63) is 105 Å². The SMILES string of the molecule is CCCCN(CC(=O)N(Cc1ccc2c(c1)OCO2)Cc1coc2ccc(Cl)cc2c1=O)C(=O)c1ccccc1F. The van der Waals surface area contributed by atoms with Crippen molar-refractivity contribution in [1.82, 2.24) is 9.80 Å². The molecule has 8 nitrogen and oxygen atoms in total. The number of ether oxygens (including phenoxy) is 2. The van der Waals surface area contributed by atoms with Gasteiger partial charge in [-0.05, 0) is 54.4 Å². The highest BCUT2D eigenvalue weighted by molar-refractivity contribution is 6.31. The Bertz CT molecular complexity index is 1660. The second kappa shape index (κ2) is 12.4. The van der Waals surface area contributed by atoms with Crippen molar-refractivity contribution < 1.29 is 27.9 Å². The monoisotopic (exact) mass is 578 g/mol. The molecule has 0 atom stereocenters. The minimum atomic E-state index is -0.656. The Labute approximate surface area is 240 Å². The maximum atomic E-state index is 14.5. The molecule has 4 aromatic rings. The average Bonchev–Trinajstić information content (AvgIpc) is 3.44. The standard InChI is InChI=1S/C31H28ClFN2O6/c1-2-3-12-34(31(38)23-6-4-5-7-25(23)33)17-29(36)35(15-20-8-10-27-28(13-20)41-19-40-27)16-21-18-39-26-11-9-22(32)14-24(26)30(21)37/h4-11,13-14,18H,2-3,12,15-17,19H2,1H3. The molecule has 0 bridgehead atoms. The predicted molar refractivity (Wildman–Crippen MR) is 152 cm³/mol. The maximum absolute atomic E-state index is 14.5. The van der Waals surface area contributed by atoms with Gasteiger partial charge in [-0.15, -0.1) is 0 Å². The van der Waals surface area contributed by atoms with E-state index in [4.69, 9.17) is 25.5 Å². The molecule has 0 saturated heterocycles. The topological polar surface area (TPSA) is 89.3 Å². The van der Waals surface area contributed by atoms with Crippen molar-refractivity contribution in [3.8, 4) is 11.5 Å². The van der Waals surface area contributed by atoms with Crippen molar-refractivity contribution in [2.75, 3.05) is 19.9 Å². The van der Waals surface area contributed by atoms with Gasteiger partial charge in [0, 0.05) is 18.1 Å². The van der Waals surface area contributed by atoms with E-state index in [-0.39, 0.29) is 49.5 Å². The number of benzene rings is 3. The lowest BCUT2D eigenvalue weighted by molar-refractivity contribution is -0.133. The zero-order valence-electron chi connectivity index (χ0n) is 22.4. The van der Waals surface area contributed by atoms with Crippen LogP contribution in [0.25, 0.3) is 11.0 Å². The van der Waals surface area contributed by atoms with Crippen LogP contribution in [0.4, 0.5) is 4.39 Å². The number of carbonyl (C=O) groups is 2. The summed E-state index contributed by atoms with van der Waals surface area (Å²) in [6, 6.07) is 15.8. The van der Waals surface area contributed by atoms with E-state index < -0.39 is 17.6 Å². The molecule has 0 aliphatic carbocycles. The average molecular weight is 579 g/mol. The van der Waals surface area contributed by atoms with Gasteiger partial charge in [0.15, 0.2) is 16.9 Å². The Morgan fingerprint density at radius 1 is 0.976 bits per heavy atom. The van der Waals surface area contributed by atoms with E-state index in [0.29, 0.717) is 33.9 Å². The highest BCUT2D eigenvalue weighted by Gasteiger charge is 2.26.